The van der Waals surface area contributed by atoms with Crippen LogP contribution in [0.2, 0.25) is 5.02 Å². The third-order valence-electron chi connectivity index (χ3n) is 3.32. The van der Waals surface area contributed by atoms with E-state index in [2.05, 4.69) is 26.2 Å². The van der Waals surface area contributed by atoms with Crippen molar-refractivity contribution in [2.24, 2.45) is 0 Å². The Balaban J connectivity index is 2.11. The van der Waals surface area contributed by atoms with Crippen molar-refractivity contribution in [3.63, 3.8) is 0 Å². The number of aryl methyl sites for hydroxylation is 1. The van der Waals surface area contributed by atoms with Gasteiger partial charge < -0.3 is 11.1 Å². The van der Waals surface area contributed by atoms with Crippen LogP contribution in [0.15, 0.2) is 47.1 Å². The van der Waals surface area contributed by atoms with E-state index in [0.29, 0.717) is 10.7 Å². The van der Waals surface area contributed by atoms with Gasteiger partial charge in [0.25, 0.3) is 0 Å². The molecule has 2 aromatic carbocycles. The first-order chi connectivity index (χ1) is 10.1. The number of aromatic nitrogens is 1. The zero-order valence-electron chi connectivity index (χ0n) is 11.3. The molecular weight excluding hydrogens is 350 g/mol. The van der Waals surface area contributed by atoms with E-state index >= 15 is 0 Å². The summed E-state index contributed by atoms with van der Waals surface area (Å²) in [6.07, 6.45) is 1.75. The lowest BCUT2D eigenvalue weighted by atomic mass is 10.1. The van der Waals surface area contributed by atoms with Crippen LogP contribution in [0.25, 0.3) is 10.9 Å². The Morgan fingerprint density at radius 2 is 2.00 bits per heavy atom. The summed E-state index contributed by atoms with van der Waals surface area (Å²) < 4.78 is 0.949. The molecule has 0 unspecified atom stereocenters. The highest BCUT2D eigenvalue weighted by molar-refractivity contribution is 9.10. The third-order valence-corrected chi connectivity index (χ3v) is 4.38. The van der Waals surface area contributed by atoms with Gasteiger partial charge in [0.1, 0.15) is 0 Å². The first kappa shape index (κ1) is 14.2. The summed E-state index contributed by atoms with van der Waals surface area (Å²) in [5.74, 6) is 0. The van der Waals surface area contributed by atoms with Crippen LogP contribution >= 0.6 is 27.5 Å². The number of nitrogens with two attached hydrogens (primary N) is 1. The second-order valence-corrected chi connectivity index (χ2v) is 6.07. The van der Waals surface area contributed by atoms with E-state index in [9.17, 15) is 0 Å². The van der Waals surface area contributed by atoms with Crippen molar-refractivity contribution in [1.29, 1.82) is 0 Å². The van der Waals surface area contributed by atoms with Crippen molar-refractivity contribution < 1.29 is 0 Å². The van der Waals surface area contributed by atoms with Crippen LogP contribution in [-0.2, 0) is 0 Å². The van der Waals surface area contributed by atoms with Crippen molar-refractivity contribution >= 4 is 55.5 Å². The van der Waals surface area contributed by atoms with E-state index in [1.54, 1.807) is 6.20 Å². The van der Waals surface area contributed by atoms with E-state index in [4.69, 9.17) is 17.3 Å². The minimum atomic E-state index is 0.713. The lowest BCUT2D eigenvalue weighted by Gasteiger charge is -2.13. The molecule has 0 saturated carbocycles. The molecule has 0 bridgehead atoms. The van der Waals surface area contributed by atoms with Gasteiger partial charge >= 0.3 is 0 Å². The molecule has 3 rings (SSSR count). The fraction of sp³-hybridized carbons (Fsp3) is 0.0625. The van der Waals surface area contributed by atoms with Crippen LogP contribution in [0.1, 0.15) is 5.56 Å². The molecule has 1 aromatic heterocycles. The van der Waals surface area contributed by atoms with Crippen LogP contribution < -0.4 is 11.1 Å². The standard InChI is InChI=1S/C16H13BrClN3/c1-9-7-11(17)15(8-12(9)18)21-14-5-4-13(19)10-3-2-6-20-16(10)14/h2-8,21H,19H2,1H3. The largest absolute Gasteiger partial charge is 0.398 e. The summed E-state index contributed by atoms with van der Waals surface area (Å²) in [7, 11) is 0. The van der Waals surface area contributed by atoms with Gasteiger partial charge in [0.2, 0.25) is 0 Å². The lowest BCUT2D eigenvalue weighted by molar-refractivity contribution is 1.39. The Labute approximate surface area is 136 Å². The molecule has 0 spiro atoms. The predicted molar refractivity (Wildman–Crippen MR) is 93.3 cm³/mol. The first-order valence-electron chi connectivity index (χ1n) is 6.42. The van der Waals surface area contributed by atoms with Gasteiger partial charge in [-0.1, -0.05) is 11.6 Å². The molecule has 0 aliphatic rings. The Bertz CT molecular complexity index is 833. The Hall–Kier alpha value is -1.78. The summed E-state index contributed by atoms with van der Waals surface area (Å²) in [6, 6.07) is 11.5. The van der Waals surface area contributed by atoms with Crippen LogP contribution in [0, 0.1) is 6.92 Å². The van der Waals surface area contributed by atoms with Gasteiger partial charge in [-0.3, -0.25) is 4.98 Å². The molecule has 0 radical (unpaired) electrons. The fourth-order valence-electron chi connectivity index (χ4n) is 2.18. The normalized spacial score (nSPS) is 10.8. The van der Waals surface area contributed by atoms with E-state index in [0.717, 1.165) is 32.3 Å². The maximum absolute atomic E-state index is 6.20. The number of benzene rings is 2. The molecule has 5 heteroatoms. The summed E-state index contributed by atoms with van der Waals surface area (Å²) in [6.45, 7) is 1.97. The maximum atomic E-state index is 6.20. The smallest absolute Gasteiger partial charge is 0.0957 e. The van der Waals surface area contributed by atoms with Crippen molar-refractivity contribution in [2.45, 2.75) is 6.92 Å². The number of fused-ring (bicyclic) bond motifs is 1. The molecule has 0 aliphatic heterocycles. The summed E-state index contributed by atoms with van der Waals surface area (Å²) >= 11 is 9.75. The number of pyridine rings is 1. The third kappa shape index (κ3) is 2.69. The van der Waals surface area contributed by atoms with Crippen LogP contribution in [-0.4, -0.2) is 4.98 Å². The number of halogens is 2. The Morgan fingerprint density at radius 1 is 1.19 bits per heavy atom. The summed E-state index contributed by atoms with van der Waals surface area (Å²) in [4.78, 5) is 4.42. The van der Waals surface area contributed by atoms with Crippen molar-refractivity contribution in [1.82, 2.24) is 4.98 Å². The number of hydrogen-bond donors (Lipinski definition) is 2. The molecule has 0 aliphatic carbocycles. The zero-order valence-corrected chi connectivity index (χ0v) is 13.7. The first-order valence-corrected chi connectivity index (χ1v) is 7.59. The summed E-state index contributed by atoms with van der Waals surface area (Å²) in [5.41, 5.74) is 10.3. The van der Waals surface area contributed by atoms with E-state index in [-0.39, 0.29) is 0 Å². The molecule has 0 saturated heterocycles. The molecule has 106 valence electrons. The average Bonchev–Trinajstić information content (AvgIpc) is 2.48. The molecule has 3 N–H and O–H groups in total. The molecule has 0 fully saturated rings. The van der Waals surface area contributed by atoms with E-state index in [1.807, 2.05) is 43.3 Å². The van der Waals surface area contributed by atoms with Crippen molar-refractivity contribution in [2.75, 3.05) is 11.1 Å². The number of nitrogen functional groups attached to an aromatic ring is 1. The molecular formula is C16H13BrClN3. The number of nitrogens with one attached hydrogen (secondary N) is 1. The highest BCUT2D eigenvalue weighted by atomic mass is 79.9. The van der Waals surface area contributed by atoms with Gasteiger partial charge in [0, 0.05) is 26.8 Å². The second kappa shape index (κ2) is 5.54. The van der Waals surface area contributed by atoms with E-state index in [1.165, 1.54) is 0 Å². The second-order valence-electron chi connectivity index (χ2n) is 4.81. The fourth-order valence-corrected chi connectivity index (χ4v) is 2.90. The quantitative estimate of drug-likeness (QED) is 0.609. The number of hydrogen-bond acceptors (Lipinski definition) is 3. The topological polar surface area (TPSA) is 50.9 Å². The minimum Gasteiger partial charge on any atom is -0.398 e. The molecule has 1 heterocycles. The zero-order chi connectivity index (χ0) is 15.0. The van der Waals surface area contributed by atoms with Crippen LogP contribution in [0.5, 0.6) is 0 Å². The van der Waals surface area contributed by atoms with Crippen LogP contribution in [0.4, 0.5) is 17.1 Å². The maximum Gasteiger partial charge on any atom is 0.0957 e. The van der Waals surface area contributed by atoms with Gasteiger partial charge in [0.05, 0.1) is 16.9 Å². The number of nitrogens with zero attached hydrogens (tertiary/aromatic N) is 1. The van der Waals surface area contributed by atoms with Crippen molar-refractivity contribution in [3.8, 4) is 0 Å². The minimum absolute atomic E-state index is 0.713. The molecule has 0 atom stereocenters. The monoisotopic (exact) mass is 361 g/mol. The lowest BCUT2D eigenvalue weighted by Crippen LogP contribution is -1.97. The van der Waals surface area contributed by atoms with Gasteiger partial charge in [-0.2, -0.15) is 0 Å². The SMILES string of the molecule is Cc1cc(Br)c(Nc2ccc(N)c3cccnc23)cc1Cl. The van der Waals surface area contributed by atoms with Gasteiger partial charge in [0.15, 0.2) is 0 Å². The number of anilines is 3. The molecule has 3 aromatic rings. The molecule has 0 amide bonds. The van der Waals surface area contributed by atoms with Crippen molar-refractivity contribution in [3.05, 3.63) is 57.7 Å². The van der Waals surface area contributed by atoms with Crippen LogP contribution in [0.3, 0.4) is 0 Å². The average molecular weight is 363 g/mol. The molecule has 21 heavy (non-hydrogen) atoms. The molecule has 3 nitrogen and oxygen atoms in total. The summed E-state index contributed by atoms with van der Waals surface area (Å²) in [5, 5.41) is 5.00. The van der Waals surface area contributed by atoms with Gasteiger partial charge in [-0.15, -0.1) is 0 Å². The predicted octanol–water partition coefficient (Wildman–Crippen LogP) is 5.28. The van der Waals surface area contributed by atoms with Gasteiger partial charge in [-0.25, -0.2) is 0 Å². The Morgan fingerprint density at radius 3 is 2.81 bits per heavy atom. The highest BCUT2D eigenvalue weighted by Gasteiger charge is 2.09. The van der Waals surface area contributed by atoms with E-state index < -0.39 is 0 Å². The highest BCUT2D eigenvalue weighted by Crippen LogP contribution is 2.34. The Kier molecular flexibility index (Phi) is 3.74. The van der Waals surface area contributed by atoms with Gasteiger partial charge in [-0.05, 0) is 64.8 Å². The number of rotatable bonds is 2.